The second-order valence-corrected chi connectivity index (χ2v) is 7.51. The molecule has 0 bridgehead atoms. The Morgan fingerprint density at radius 3 is 2.75 bits per heavy atom. The normalized spacial score (nSPS) is 25.0. The van der Waals surface area contributed by atoms with Gasteiger partial charge in [-0.05, 0) is 50.3 Å². The molecule has 0 radical (unpaired) electrons. The monoisotopic (exact) mass is 395 g/mol. The number of benzene rings is 1. The summed E-state index contributed by atoms with van der Waals surface area (Å²) < 4.78 is 29.7. The summed E-state index contributed by atoms with van der Waals surface area (Å²) in [5.74, 6) is -0.594. The van der Waals surface area contributed by atoms with Gasteiger partial charge in [-0.15, -0.1) is 0 Å². The number of carbonyl (C=O) groups is 2. The molecule has 6 nitrogen and oxygen atoms in total. The zero-order valence-electron chi connectivity index (χ0n) is 15.8. The number of halogens is 2. The Balaban J connectivity index is 1.64. The van der Waals surface area contributed by atoms with Gasteiger partial charge in [0.1, 0.15) is 5.75 Å². The van der Waals surface area contributed by atoms with Crippen LogP contribution in [-0.4, -0.2) is 49.0 Å². The quantitative estimate of drug-likeness (QED) is 0.775. The van der Waals surface area contributed by atoms with E-state index in [1.54, 1.807) is 11.0 Å². The van der Waals surface area contributed by atoms with Crippen molar-refractivity contribution >= 4 is 11.8 Å². The minimum Gasteiger partial charge on any atom is -0.434 e. The number of ether oxygens (including phenoxy) is 1. The van der Waals surface area contributed by atoms with Crippen LogP contribution in [-0.2, 0) is 4.79 Å². The lowest BCUT2D eigenvalue weighted by atomic mass is 9.95. The topological polar surface area (TPSA) is 84.7 Å². The maximum Gasteiger partial charge on any atom is 0.387 e. The number of piperidine rings is 1. The molecule has 1 saturated heterocycles. The Hall–Kier alpha value is -2.22. The van der Waals surface area contributed by atoms with Crippen molar-refractivity contribution in [3.05, 3.63) is 29.8 Å². The molecule has 154 valence electrons. The molecule has 0 spiro atoms. The first-order valence-electron chi connectivity index (χ1n) is 9.83. The van der Waals surface area contributed by atoms with E-state index in [1.165, 1.54) is 18.2 Å². The van der Waals surface area contributed by atoms with E-state index in [2.05, 4.69) is 10.1 Å². The van der Waals surface area contributed by atoms with E-state index in [1.807, 2.05) is 0 Å². The summed E-state index contributed by atoms with van der Waals surface area (Å²) in [6, 6.07) is 6.06. The maximum atomic E-state index is 12.9. The second-order valence-electron chi connectivity index (χ2n) is 7.51. The molecular weight excluding hydrogens is 368 g/mol. The van der Waals surface area contributed by atoms with Gasteiger partial charge in [0.05, 0.1) is 11.5 Å². The highest BCUT2D eigenvalue weighted by molar-refractivity contribution is 5.97. The number of carbonyl (C=O) groups excluding carboxylic acids is 2. The number of nitrogens with one attached hydrogen (secondary N) is 1. The molecule has 2 fully saturated rings. The molecule has 1 aliphatic carbocycles. The number of para-hydroxylation sites is 1. The molecule has 1 heterocycles. The molecule has 3 unspecified atom stereocenters. The zero-order valence-corrected chi connectivity index (χ0v) is 15.8. The number of hydrogen-bond donors (Lipinski definition) is 2. The van der Waals surface area contributed by atoms with Gasteiger partial charge in [0.25, 0.3) is 5.91 Å². The van der Waals surface area contributed by atoms with Crippen molar-refractivity contribution in [2.45, 2.75) is 44.8 Å². The minimum absolute atomic E-state index is 0.0556. The molecule has 3 rings (SSSR count). The lowest BCUT2D eigenvalue weighted by Crippen LogP contribution is -2.49. The van der Waals surface area contributed by atoms with Crippen molar-refractivity contribution in [1.82, 2.24) is 10.2 Å². The molecule has 28 heavy (non-hydrogen) atoms. The van der Waals surface area contributed by atoms with E-state index in [0.717, 1.165) is 19.3 Å². The van der Waals surface area contributed by atoms with Crippen LogP contribution in [0.4, 0.5) is 8.78 Å². The van der Waals surface area contributed by atoms with Crippen LogP contribution >= 0.6 is 0 Å². The van der Waals surface area contributed by atoms with Gasteiger partial charge in [-0.1, -0.05) is 18.6 Å². The van der Waals surface area contributed by atoms with Crippen LogP contribution in [0.3, 0.4) is 0 Å². The molecule has 2 amide bonds. The molecule has 1 saturated carbocycles. The highest BCUT2D eigenvalue weighted by Gasteiger charge is 2.33. The van der Waals surface area contributed by atoms with Crippen LogP contribution in [0.5, 0.6) is 5.75 Å². The molecule has 0 aromatic heterocycles. The fraction of sp³-hybridized carbons (Fsp3) is 0.600. The summed E-state index contributed by atoms with van der Waals surface area (Å²) in [6.45, 7) is -1.69. The van der Waals surface area contributed by atoms with Crippen LogP contribution in [0.15, 0.2) is 24.3 Å². The van der Waals surface area contributed by atoms with Crippen LogP contribution in [0.1, 0.15) is 42.5 Å². The van der Waals surface area contributed by atoms with Gasteiger partial charge in [-0.25, -0.2) is 0 Å². The highest BCUT2D eigenvalue weighted by atomic mass is 19.3. The summed E-state index contributed by atoms with van der Waals surface area (Å²) >= 11 is 0. The van der Waals surface area contributed by atoms with E-state index in [-0.39, 0.29) is 35.7 Å². The van der Waals surface area contributed by atoms with Crippen molar-refractivity contribution in [2.24, 2.45) is 17.6 Å². The minimum atomic E-state index is -3.00. The molecule has 1 aromatic rings. The molecule has 3 atom stereocenters. The van der Waals surface area contributed by atoms with Gasteiger partial charge in [0.15, 0.2) is 0 Å². The average molecular weight is 395 g/mol. The number of nitrogens with two attached hydrogens (primary N) is 1. The van der Waals surface area contributed by atoms with Gasteiger partial charge in [-0.2, -0.15) is 8.78 Å². The van der Waals surface area contributed by atoms with Crippen LogP contribution in [0.2, 0.25) is 0 Å². The molecule has 8 heteroatoms. The first-order valence-corrected chi connectivity index (χ1v) is 9.83. The summed E-state index contributed by atoms with van der Waals surface area (Å²) in [7, 11) is 0. The predicted molar refractivity (Wildman–Crippen MR) is 100 cm³/mol. The van der Waals surface area contributed by atoms with Crippen molar-refractivity contribution in [2.75, 3.05) is 19.6 Å². The Kier molecular flexibility index (Phi) is 6.83. The van der Waals surface area contributed by atoms with Crippen molar-refractivity contribution in [1.29, 1.82) is 0 Å². The summed E-state index contributed by atoms with van der Waals surface area (Å²) in [4.78, 5) is 27.1. The third-order valence-corrected chi connectivity index (χ3v) is 5.70. The predicted octanol–water partition coefficient (Wildman–Crippen LogP) is 2.38. The standard InChI is InChI=1S/C20H27F2N3O3/c21-20(22)28-17-9-2-1-7-15(17)19(27)25-10-4-6-14(12-25)18(26)24-16-8-3-5-13(16)11-23/h1-2,7,9,13-14,16,20H,3-6,8,10-12,23H2,(H,24,26). The van der Waals surface area contributed by atoms with E-state index in [0.29, 0.717) is 31.8 Å². The van der Waals surface area contributed by atoms with Gasteiger partial charge >= 0.3 is 6.61 Å². The fourth-order valence-electron chi connectivity index (χ4n) is 4.20. The molecule has 1 aliphatic heterocycles. The number of rotatable bonds is 6. The first kappa shape index (κ1) is 20.5. The second kappa shape index (κ2) is 9.32. The first-order chi connectivity index (χ1) is 13.5. The Morgan fingerprint density at radius 2 is 2.00 bits per heavy atom. The lowest BCUT2D eigenvalue weighted by molar-refractivity contribution is -0.127. The third-order valence-electron chi connectivity index (χ3n) is 5.70. The molecule has 3 N–H and O–H groups in total. The number of likely N-dealkylation sites (tertiary alicyclic amines) is 1. The average Bonchev–Trinajstić information content (AvgIpc) is 3.14. The Labute approximate surface area is 163 Å². The summed E-state index contributed by atoms with van der Waals surface area (Å²) in [5.41, 5.74) is 5.87. The number of nitrogens with zero attached hydrogens (tertiary/aromatic N) is 1. The molecule has 1 aromatic carbocycles. The summed E-state index contributed by atoms with van der Waals surface area (Å²) in [6.07, 6.45) is 4.40. The SMILES string of the molecule is NCC1CCCC1NC(=O)C1CCCN(C(=O)c2ccccc2OC(F)F)C1. The van der Waals surface area contributed by atoms with Gasteiger partial charge in [-0.3, -0.25) is 9.59 Å². The lowest BCUT2D eigenvalue weighted by Gasteiger charge is -2.33. The zero-order chi connectivity index (χ0) is 20.1. The number of alkyl halides is 2. The van der Waals surface area contributed by atoms with E-state index in [9.17, 15) is 18.4 Å². The smallest absolute Gasteiger partial charge is 0.387 e. The van der Waals surface area contributed by atoms with Gasteiger partial charge in [0.2, 0.25) is 5.91 Å². The van der Waals surface area contributed by atoms with Crippen molar-refractivity contribution in [3.63, 3.8) is 0 Å². The van der Waals surface area contributed by atoms with Crippen molar-refractivity contribution in [3.8, 4) is 5.75 Å². The highest BCUT2D eigenvalue weighted by Crippen LogP contribution is 2.27. The molecule has 2 aliphatic rings. The van der Waals surface area contributed by atoms with Gasteiger partial charge < -0.3 is 20.7 Å². The Morgan fingerprint density at radius 1 is 1.21 bits per heavy atom. The third kappa shape index (κ3) is 4.79. The van der Waals surface area contributed by atoms with Crippen molar-refractivity contribution < 1.29 is 23.1 Å². The van der Waals surface area contributed by atoms with E-state index in [4.69, 9.17) is 5.73 Å². The number of hydrogen-bond acceptors (Lipinski definition) is 4. The maximum absolute atomic E-state index is 12.9. The fourth-order valence-corrected chi connectivity index (χ4v) is 4.20. The largest absolute Gasteiger partial charge is 0.434 e. The van der Waals surface area contributed by atoms with E-state index < -0.39 is 12.5 Å². The van der Waals surface area contributed by atoms with Crippen LogP contribution in [0, 0.1) is 11.8 Å². The summed E-state index contributed by atoms with van der Waals surface area (Å²) in [5, 5.41) is 3.11. The number of amides is 2. The van der Waals surface area contributed by atoms with Crippen LogP contribution < -0.4 is 15.8 Å². The molecular formula is C20H27F2N3O3. The van der Waals surface area contributed by atoms with Crippen LogP contribution in [0.25, 0.3) is 0 Å². The Bertz CT molecular complexity index is 701. The van der Waals surface area contributed by atoms with E-state index >= 15 is 0 Å². The van der Waals surface area contributed by atoms with Gasteiger partial charge in [0, 0.05) is 19.1 Å².